The molecule has 0 aliphatic rings. The van der Waals surface area contributed by atoms with Crippen molar-refractivity contribution in [3.63, 3.8) is 0 Å². The molecule has 0 radical (unpaired) electrons. The number of amides is 1. The topological polar surface area (TPSA) is 59.2 Å². The van der Waals surface area contributed by atoms with Crippen molar-refractivity contribution in [1.29, 1.82) is 0 Å². The molecule has 4 nitrogen and oxygen atoms in total. The van der Waals surface area contributed by atoms with E-state index in [9.17, 15) is 4.79 Å². The molecule has 0 aliphatic heterocycles. The number of carbonyl (C=O) groups is 1. The molecule has 1 amide bonds. The smallest absolute Gasteiger partial charge is 0.255 e. The third-order valence-electron chi connectivity index (χ3n) is 3.49. The molecule has 1 heterocycles. The summed E-state index contributed by atoms with van der Waals surface area (Å²) < 4.78 is 0. The maximum absolute atomic E-state index is 12.6. The van der Waals surface area contributed by atoms with E-state index < -0.39 is 0 Å². The van der Waals surface area contributed by atoms with Crippen LogP contribution in [-0.2, 0) is 13.1 Å². The van der Waals surface area contributed by atoms with Crippen LogP contribution in [0.1, 0.15) is 34.0 Å². The molecule has 0 atom stereocenters. The molecule has 21 heavy (non-hydrogen) atoms. The second kappa shape index (κ2) is 6.99. The Morgan fingerprint density at radius 3 is 2.57 bits per heavy atom. The number of carbonyl (C=O) groups excluding carboxylic acids is 1. The standard InChI is InChI=1S/C17H21N3O/c1-3-20(12-15-7-5-4-6-14(15)9-18)17(21)16-8-13(2)10-19-11-16/h4-8,10-11H,3,9,12,18H2,1-2H3. The van der Waals surface area contributed by atoms with Crippen LogP contribution in [-0.4, -0.2) is 22.3 Å². The molecule has 1 aromatic carbocycles. The summed E-state index contributed by atoms with van der Waals surface area (Å²) in [6.45, 7) is 5.60. The Morgan fingerprint density at radius 2 is 1.95 bits per heavy atom. The van der Waals surface area contributed by atoms with Crippen LogP contribution in [0.25, 0.3) is 0 Å². The van der Waals surface area contributed by atoms with E-state index in [1.165, 1.54) is 0 Å². The van der Waals surface area contributed by atoms with Gasteiger partial charge in [-0.3, -0.25) is 9.78 Å². The molecule has 0 unspecified atom stereocenters. The first-order valence-corrected chi connectivity index (χ1v) is 7.13. The first-order valence-electron chi connectivity index (χ1n) is 7.13. The highest BCUT2D eigenvalue weighted by molar-refractivity contribution is 5.94. The molecule has 2 rings (SSSR count). The summed E-state index contributed by atoms with van der Waals surface area (Å²) in [6, 6.07) is 9.83. The van der Waals surface area contributed by atoms with Crippen molar-refractivity contribution in [2.24, 2.45) is 5.73 Å². The summed E-state index contributed by atoms with van der Waals surface area (Å²) in [5.74, 6) is 0.000486. The molecule has 2 aromatic rings. The molecule has 2 N–H and O–H groups in total. The lowest BCUT2D eigenvalue weighted by molar-refractivity contribution is 0.0751. The van der Waals surface area contributed by atoms with E-state index in [0.29, 0.717) is 25.2 Å². The molecular formula is C17H21N3O. The summed E-state index contributed by atoms with van der Waals surface area (Å²) in [6.07, 6.45) is 3.36. The highest BCUT2D eigenvalue weighted by atomic mass is 16.2. The van der Waals surface area contributed by atoms with Crippen molar-refractivity contribution >= 4 is 5.91 Å². The lowest BCUT2D eigenvalue weighted by Gasteiger charge is -2.22. The fourth-order valence-electron chi connectivity index (χ4n) is 2.30. The summed E-state index contributed by atoms with van der Waals surface area (Å²) >= 11 is 0. The third-order valence-corrected chi connectivity index (χ3v) is 3.49. The molecule has 0 aliphatic carbocycles. The lowest BCUT2D eigenvalue weighted by atomic mass is 10.1. The predicted octanol–water partition coefficient (Wildman–Crippen LogP) is 2.51. The van der Waals surface area contributed by atoms with Crippen LogP contribution < -0.4 is 5.73 Å². The second-order valence-corrected chi connectivity index (χ2v) is 5.04. The number of aryl methyl sites for hydroxylation is 1. The molecular weight excluding hydrogens is 262 g/mol. The Labute approximate surface area is 125 Å². The van der Waals surface area contributed by atoms with Gasteiger partial charge in [-0.2, -0.15) is 0 Å². The number of aromatic nitrogens is 1. The van der Waals surface area contributed by atoms with Crippen molar-refractivity contribution in [2.75, 3.05) is 6.54 Å². The Hall–Kier alpha value is -2.20. The van der Waals surface area contributed by atoms with E-state index in [2.05, 4.69) is 4.98 Å². The zero-order valence-electron chi connectivity index (χ0n) is 12.5. The van der Waals surface area contributed by atoms with Gasteiger partial charge in [-0.05, 0) is 36.6 Å². The van der Waals surface area contributed by atoms with Crippen LogP contribution in [0.15, 0.2) is 42.7 Å². The lowest BCUT2D eigenvalue weighted by Crippen LogP contribution is -2.31. The highest BCUT2D eigenvalue weighted by Gasteiger charge is 2.16. The number of rotatable bonds is 5. The average Bonchev–Trinajstić information content (AvgIpc) is 2.52. The maximum Gasteiger partial charge on any atom is 0.255 e. The zero-order chi connectivity index (χ0) is 15.2. The maximum atomic E-state index is 12.6. The Morgan fingerprint density at radius 1 is 1.24 bits per heavy atom. The fourth-order valence-corrected chi connectivity index (χ4v) is 2.30. The van der Waals surface area contributed by atoms with Crippen molar-refractivity contribution in [2.45, 2.75) is 26.9 Å². The van der Waals surface area contributed by atoms with Gasteiger partial charge in [0.15, 0.2) is 0 Å². The molecule has 0 saturated heterocycles. The summed E-state index contributed by atoms with van der Waals surface area (Å²) in [4.78, 5) is 18.5. The summed E-state index contributed by atoms with van der Waals surface area (Å²) in [7, 11) is 0. The highest BCUT2D eigenvalue weighted by Crippen LogP contribution is 2.14. The van der Waals surface area contributed by atoms with Crippen molar-refractivity contribution in [3.8, 4) is 0 Å². The van der Waals surface area contributed by atoms with Gasteiger partial charge in [0, 0.05) is 32.0 Å². The zero-order valence-corrected chi connectivity index (χ0v) is 12.5. The molecule has 0 saturated carbocycles. The van der Waals surface area contributed by atoms with Gasteiger partial charge >= 0.3 is 0 Å². The van der Waals surface area contributed by atoms with E-state index in [1.54, 1.807) is 12.4 Å². The Bertz CT molecular complexity index is 625. The molecule has 110 valence electrons. The van der Waals surface area contributed by atoms with Crippen molar-refractivity contribution in [3.05, 3.63) is 65.0 Å². The van der Waals surface area contributed by atoms with Crippen LogP contribution in [0, 0.1) is 6.92 Å². The largest absolute Gasteiger partial charge is 0.335 e. The van der Waals surface area contributed by atoms with E-state index in [4.69, 9.17) is 5.73 Å². The first-order chi connectivity index (χ1) is 10.2. The minimum atomic E-state index is 0.000486. The number of hydrogen-bond donors (Lipinski definition) is 1. The number of pyridine rings is 1. The van der Waals surface area contributed by atoms with Gasteiger partial charge in [-0.25, -0.2) is 0 Å². The van der Waals surface area contributed by atoms with Gasteiger partial charge in [-0.1, -0.05) is 24.3 Å². The van der Waals surface area contributed by atoms with Gasteiger partial charge in [0.2, 0.25) is 0 Å². The SMILES string of the molecule is CCN(Cc1ccccc1CN)C(=O)c1cncc(C)c1. The molecule has 0 spiro atoms. The van der Waals surface area contributed by atoms with Crippen LogP contribution in [0.3, 0.4) is 0 Å². The van der Waals surface area contributed by atoms with Gasteiger partial charge < -0.3 is 10.6 Å². The van der Waals surface area contributed by atoms with E-state index >= 15 is 0 Å². The van der Waals surface area contributed by atoms with Crippen LogP contribution >= 0.6 is 0 Å². The minimum Gasteiger partial charge on any atom is -0.335 e. The number of hydrogen-bond acceptors (Lipinski definition) is 3. The molecule has 0 bridgehead atoms. The second-order valence-electron chi connectivity index (χ2n) is 5.04. The minimum absolute atomic E-state index is 0.000486. The van der Waals surface area contributed by atoms with Gasteiger partial charge in [-0.15, -0.1) is 0 Å². The van der Waals surface area contributed by atoms with E-state index in [0.717, 1.165) is 16.7 Å². The molecule has 4 heteroatoms. The monoisotopic (exact) mass is 283 g/mol. The van der Waals surface area contributed by atoms with Crippen LogP contribution in [0.4, 0.5) is 0 Å². The normalized spacial score (nSPS) is 10.4. The summed E-state index contributed by atoms with van der Waals surface area (Å²) in [5, 5.41) is 0. The number of benzene rings is 1. The fraction of sp³-hybridized carbons (Fsp3) is 0.294. The van der Waals surface area contributed by atoms with Crippen LogP contribution in [0.5, 0.6) is 0 Å². The average molecular weight is 283 g/mol. The van der Waals surface area contributed by atoms with Gasteiger partial charge in [0.05, 0.1) is 5.56 Å². The van der Waals surface area contributed by atoms with E-state index in [1.807, 2.05) is 49.1 Å². The van der Waals surface area contributed by atoms with Crippen molar-refractivity contribution < 1.29 is 4.79 Å². The van der Waals surface area contributed by atoms with Crippen LogP contribution in [0.2, 0.25) is 0 Å². The molecule has 0 fully saturated rings. The van der Waals surface area contributed by atoms with Gasteiger partial charge in [0.1, 0.15) is 0 Å². The third kappa shape index (κ3) is 3.67. The van der Waals surface area contributed by atoms with E-state index in [-0.39, 0.29) is 5.91 Å². The predicted molar refractivity (Wildman–Crippen MR) is 83.7 cm³/mol. The molecule has 1 aromatic heterocycles. The number of nitrogens with two attached hydrogens (primary N) is 1. The first kappa shape index (κ1) is 15.2. The quantitative estimate of drug-likeness (QED) is 0.917. The van der Waals surface area contributed by atoms with Gasteiger partial charge in [0.25, 0.3) is 5.91 Å². The van der Waals surface area contributed by atoms with Crippen molar-refractivity contribution in [1.82, 2.24) is 9.88 Å². The Balaban J connectivity index is 2.22. The summed E-state index contributed by atoms with van der Waals surface area (Å²) in [5.41, 5.74) is 9.54. The Kier molecular flexibility index (Phi) is 5.06. The number of nitrogens with zero attached hydrogens (tertiary/aromatic N) is 2.